The van der Waals surface area contributed by atoms with E-state index in [-0.39, 0.29) is 11.9 Å². The molecule has 1 N–H and O–H groups in total. The molecule has 0 bridgehead atoms. The van der Waals surface area contributed by atoms with Gasteiger partial charge in [-0.15, -0.1) is 0 Å². The van der Waals surface area contributed by atoms with E-state index in [0.717, 1.165) is 12.8 Å². The molecule has 1 aliphatic carbocycles. The number of nitrogens with one attached hydrogen (secondary N) is 1. The lowest BCUT2D eigenvalue weighted by molar-refractivity contribution is 0.0937. The van der Waals surface area contributed by atoms with Gasteiger partial charge in [-0.3, -0.25) is 4.79 Å². The molecule has 1 heterocycles. The van der Waals surface area contributed by atoms with E-state index in [2.05, 4.69) is 17.4 Å². The van der Waals surface area contributed by atoms with Crippen molar-refractivity contribution in [1.82, 2.24) is 5.32 Å². The summed E-state index contributed by atoms with van der Waals surface area (Å²) in [6.07, 6.45) is 3.05. The van der Waals surface area contributed by atoms with Crippen LogP contribution in [0.25, 0.3) is 11.1 Å². The van der Waals surface area contributed by atoms with Crippen molar-refractivity contribution in [3.8, 4) is 11.1 Å². The molecule has 0 spiro atoms. The lowest BCUT2D eigenvalue weighted by Gasteiger charge is -2.13. The number of aryl methyl sites for hydroxylation is 1. The van der Waals surface area contributed by atoms with Gasteiger partial charge in [0.05, 0.1) is 11.8 Å². The zero-order valence-corrected chi connectivity index (χ0v) is 14.9. The van der Waals surface area contributed by atoms with Crippen molar-refractivity contribution in [3.05, 3.63) is 82.0 Å². The van der Waals surface area contributed by atoms with Gasteiger partial charge in [0.25, 0.3) is 5.91 Å². The Kier molecular flexibility index (Phi) is 4.29. The highest BCUT2D eigenvalue weighted by molar-refractivity contribution is 6.33. The lowest BCUT2D eigenvalue weighted by Crippen LogP contribution is -2.35. The molecule has 3 aromatic rings. The van der Waals surface area contributed by atoms with Gasteiger partial charge in [0.1, 0.15) is 11.6 Å². The summed E-state index contributed by atoms with van der Waals surface area (Å²) in [6, 6.07) is 12.3. The average molecular weight is 370 g/mol. The number of furan rings is 1. The zero-order chi connectivity index (χ0) is 18.3. The Labute approximate surface area is 155 Å². The number of carbonyl (C=O) groups is 1. The van der Waals surface area contributed by atoms with Gasteiger partial charge in [0.15, 0.2) is 0 Å². The number of hydrogen-bond acceptors (Lipinski definition) is 2. The second-order valence-electron chi connectivity index (χ2n) is 6.55. The number of hydrogen-bond donors (Lipinski definition) is 1. The maximum Gasteiger partial charge on any atom is 0.255 e. The van der Waals surface area contributed by atoms with Crippen molar-refractivity contribution in [2.45, 2.75) is 25.8 Å². The van der Waals surface area contributed by atoms with Gasteiger partial charge in [0.2, 0.25) is 0 Å². The molecule has 0 aliphatic heterocycles. The van der Waals surface area contributed by atoms with E-state index in [9.17, 15) is 9.18 Å². The van der Waals surface area contributed by atoms with Gasteiger partial charge in [-0.1, -0.05) is 35.9 Å². The number of carbonyl (C=O) groups excluding carboxylic acids is 1. The molecule has 0 atom stereocenters. The van der Waals surface area contributed by atoms with Crippen LogP contribution in [0.4, 0.5) is 4.39 Å². The Morgan fingerprint density at radius 1 is 1.15 bits per heavy atom. The first-order chi connectivity index (χ1) is 12.5. The van der Waals surface area contributed by atoms with Crippen molar-refractivity contribution in [3.63, 3.8) is 0 Å². The molecule has 0 unspecified atom stereocenters. The van der Waals surface area contributed by atoms with E-state index in [0.29, 0.717) is 27.5 Å². The summed E-state index contributed by atoms with van der Waals surface area (Å²) in [4.78, 5) is 12.9. The van der Waals surface area contributed by atoms with Crippen LogP contribution in [0.3, 0.4) is 0 Å². The van der Waals surface area contributed by atoms with Gasteiger partial charge < -0.3 is 9.73 Å². The topological polar surface area (TPSA) is 42.2 Å². The van der Waals surface area contributed by atoms with Crippen molar-refractivity contribution in [2.24, 2.45) is 0 Å². The van der Waals surface area contributed by atoms with E-state index < -0.39 is 5.82 Å². The molecule has 4 rings (SSSR count). The minimum absolute atomic E-state index is 0.0324. The number of amides is 1. The molecule has 132 valence electrons. The Morgan fingerprint density at radius 3 is 2.54 bits per heavy atom. The standard InChI is InChI=1S/C21H17ClFNO2/c1-12-20(18(11-26-12)17-10-15(23)6-7-19(17)22)21(25)24-16-8-13-4-2-3-5-14(13)9-16/h2-7,10-11,16H,8-9H2,1H3,(H,24,25). The van der Waals surface area contributed by atoms with Gasteiger partial charge in [-0.2, -0.15) is 0 Å². The first-order valence-corrected chi connectivity index (χ1v) is 8.82. The highest BCUT2D eigenvalue weighted by Crippen LogP contribution is 2.34. The molecule has 0 saturated heterocycles. The highest BCUT2D eigenvalue weighted by atomic mass is 35.5. The van der Waals surface area contributed by atoms with Crippen molar-refractivity contribution < 1.29 is 13.6 Å². The molecule has 1 aromatic heterocycles. The Bertz CT molecular complexity index is 970. The van der Waals surface area contributed by atoms with Gasteiger partial charge in [0, 0.05) is 22.2 Å². The van der Waals surface area contributed by atoms with Crippen molar-refractivity contribution in [2.75, 3.05) is 0 Å². The fourth-order valence-electron chi connectivity index (χ4n) is 3.56. The summed E-state index contributed by atoms with van der Waals surface area (Å²) in [5, 5.41) is 3.45. The first kappa shape index (κ1) is 16.9. The molecule has 3 nitrogen and oxygen atoms in total. The number of halogens is 2. The predicted octanol–water partition coefficient (Wildman–Crippen LogP) is 4.94. The van der Waals surface area contributed by atoms with E-state index in [4.69, 9.17) is 16.0 Å². The van der Waals surface area contributed by atoms with Crippen molar-refractivity contribution >= 4 is 17.5 Å². The summed E-state index contributed by atoms with van der Waals surface area (Å²) in [6.45, 7) is 1.72. The van der Waals surface area contributed by atoms with Gasteiger partial charge >= 0.3 is 0 Å². The number of benzene rings is 2. The number of fused-ring (bicyclic) bond motifs is 1. The Morgan fingerprint density at radius 2 is 1.85 bits per heavy atom. The second-order valence-corrected chi connectivity index (χ2v) is 6.96. The SMILES string of the molecule is Cc1occ(-c2cc(F)ccc2Cl)c1C(=O)NC1Cc2ccccc2C1. The van der Waals surface area contributed by atoms with Crippen LogP contribution in [0, 0.1) is 12.7 Å². The molecule has 0 saturated carbocycles. The summed E-state index contributed by atoms with van der Waals surface area (Å²) in [5.74, 6) is -0.168. The molecule has 0 radical (unpaired) electrons. The van der Waals surface area contributed by atoms with Crippen LogP contribution in [-0.4, -0.2) is 11.9 Å². The molecule has 26 heavy (non-hydrogen) atoms. The van der Waals surface area contributed by atoms with E-state index in [1.807, 2.05) is 12.1 Å². The van der Waals surface area contributed by atoms with Crippen LogP contribution in [-0.2, 0) is 12.8 Å². The first-order valence-electron chi connectivity index (χ1n) is 8.44. The molecule has 5 heteroatoms. The lowest BCUT2D eigenvalue weighted by atomic mass is 10.0. The van der Waals surface area contributed by atoms with Crippen molar-refractivity contribution in [1.29, 1.82) is 0 Å². The highest BCUT2D eigenvalue weighted by Gasteiger charge is 2.26. The third-order valence-electron chi connectivity index (χ3n) is 4.81. The summed E-state index contributed by atoms with van der Waals surface area (Å²) in [5.41, 5.74) is 3.86. The molecule has 2 aromatic carbocycles. The molecule has 1 amide bonds. The average Bonchev–Trinajstić information content (AvgIpc) is 3.19. The maximum atomic E-state index is 13.7. The maximum absolute atomic E-state index is 13.7. The molecule has 0 fully saturated rings. The minimum atomic E-state index is -0.416. The number of rotatable bonds is 3. The quantitative estimate of drug-likeness (QED) is 0.710. The van der Waals surface area contributed by atoms with Crippen LogP contribution in [0.15, 0.2) is 53.1 Å². The fourth-order valence-corrected chi connectivity index (χ4v) is 3.78. The molecular formula is C21H17ClFNO2. The predicted molar refractivity (Wildman–Crippen MR) is 99.0 cm³/mol. The monoisotopic (exact) mass is 369 g/mol. The third-order valence-corrected chi connectivity index (χ3v) is 5.14. The second kappa shape index (κ2) is 6.61. The van der Waals surface area contributed by atoms with E-state index in [1.165, 1.54) is 35.6 Å². The van der Waals surface area contributed by atoms with Crippen LogP contribution < -0.4 is 5.32 Å². The fraction of sp³-hybridized carbons (Fsp3) is 0.190. The van der Waals surface area contributed by atoms with E-state index >= 15 is 0 Å². The normalized spacial score (nSPS) is 13.7. The molecule has 1 aliphatic rings. The summed E-state index contributed by atoms with van der Waals surface area (Å²) >= 11 is 6.21. The van der Waals surface area contributed by atoms with Crippen LogP contribution in [0.5, 0.6) is 0 Å². The van der Waals surface area contributed by atoms with Gasteiger partial charge in [-0.05, 0) is 49.1 Å². The molecular weight excluding hydrogens is 353 g/mol. The van der Waals surface area contributed by atoms with Crippen LogP contribution in [0.1, 0.15) is 27.2 Å². The Hall–Kier alpha value is -2.59. The minimum Gasteiger partial charge on any atom is -0.468 e. The summed E-state index contributed by atoms with van der Waals surface area (Å²) < 4.78 is 19.1. The van der Waals surface area contributed by atoms with Gasteiger partial charge in [-0.25, -0.2) is 4.39 Å². The van der Waals surface area contributed by atoms with E-state index in [1.54, 1.807) is 6.92 Å². The zero-order valence-electron chi connectivity index (χ0n) is 14.2. The summed E-state index contributed by atoms with van der Waals surface area (Å²) in [7, 11) is 0. The Balaban J connectivity index is 1.62. The van der Waals surface area contributed by atoms with Crippen LogP contribution >= 0.6 is 11.6 Å². The smallest absolute Gasteiger partial charge is 0.255 e. The largest absolute Gasteiger partial charge is 0.468 e. The third kappa shape index (κ3) is 3.01. The van der Waals surface area contributed by atoms with Crippen LogP contribution in [0.2, 0.25) is 5.02 Å².